The Morgan fingerprint density at radius 3 is 2.44 bits per heavy atom. The van der Waals surface area contributed by atoms with Crippen molar-refractivity contribution in [2.75, 3.05) is 27.3 Å². The van der Waals surface area contributed by atoms with E-state index in [9.17, 15) is 0 Å². The number of pyridine rings is 1. The van der Waals surface area contributed by atoms with E-state index in [0.29, 0.717) is 25.7 Å². The molecular formula is C20H29IN4O2. The molecular weight excluding hydrogens is 455 g/mol. The highest BCUT2D eigenvalue weighted by Crippen LogP contribution is 2.23. The van der Waals surface area contributed by atoms with Gasteiger partial charge in [-0.3, -0.25) is 9.98 Å². The summed E-state index contributed by atoms with van der Waals surface area (Å²) in [6.07, 6.45) is 1.83. The van der Waals surface area contributed by atoms with E-state index in [-0.39, 0.29) is 24.0 Å². The Labute approximate surface area is 178 Å². The van der Waals surface area contributed by atoms with Crippen LogP contribution in [0.25, 0.3) is 0 Å². The van der Waals surface area contributed by atoms with Gasteiger partial charge in [-0.15, -0.1) is 24.0 Å². The molecule has 0 fully saturated rings. The van der Waals surface area contributed by atoms with Crippen LogP contribution >= 0.6 is 24.0 Å². The van der Waals surface area contributed by atoms with Gasteiger partial charge in [0.2, 0.25) is 0 Å². The number of aliphatic imine (C=N–C) groups is 1. The lowest BCUT2D eigenvalue weighted by molar-refractivity contribution is 0.322. The van der Waals surface area contributed by atoms with Crippen LogP contribution in [0, 0.1) is 20.8 Å². The van der Waals surface area contributed by atoms with E-state index < -0.39 is 0 Å². The number of nitrogens with one attached hydrogen (secondary N) is 2. The average Bonchev–Trinajstić information content (AvgIpc) is 2.64. The van der Waals surface area contributed by atoms with Crippen LogP contribution in [-0.2, 0) is 6.54 Å². The minimum absolute atomic E-state index is 0. The molecule has 2 rings (SSSR count). The highest BCUT2D eigenvalue weighted by Gasteiger charge is 2.09. The smallest absolute Gasteiger partial charge is 0.191 e. The van der Waals surface area contributed by atoms with E-state index in [1.807, 2.05) is 44.3 Å². The number of hydrogen-bond acceptors (Lipinski definition) is 4. The molecule has 0 amide bonds. The predicted octanol–water partition coefficient (Wildman–Crippen LogP) is 3.38. The number of nitrogens with zero attached hydrogens (tertiary/aromatic N) is 2. The molecule has 0 atom stereocenters. The highest BCUT2D eigenvalue weighted by atomic mass is 127. The zero-order valence-corrected chi connectivity index (χ0v) is 19.0. The maximum Gasteiger partial charge on any atom is 0.191 e. The van der Waals surface area contributed by atoms with Crippen molar-refractivity contribution in [1.29, 1.82) is 0 Å². The molecule has 2 N–H and O–H groups in total. The van der Waals surface area contributed by atoms with Gasteiger partial charge in [0.15, 0.2) is 5.96 Å². The van der Waals surface area contributed by atoms with E-state index in [4.69, 9.17) is 9.47 Å². The first-order valence-corrected chi connectivity index (χ1v) is 8.68. The topological polar surface area (TPSA) is 67.8 Å². The van der Waals surface area contributed by atoms with Crippen LogP contribution in [0.4, 0.5) is 0 Å². The van der Waals surface area contributed by atoms with Crippen molar-refractivity contribution in [3.63, 3.8) is 0 Å². The normalized spacial score (nSPS) is 10.8. The van der Waals surface area contributed by atoms with E-state index in [0.717, 1.165) is 28.3 Å². The van der Waals surface area contributed by atoms with Crippen LogP contribution in [0.3, 0.4) is 0 Å². The summed E-state index contributed by atoms with van der Waals surface area (Å²) >= 11 is 0. The van der Waals surface area contributed by atoms with Crippen molar-refractivity contribution in [3.8, 4) is 11.5 Å². The number of benzene rings is 1. The largest absolute Gasteiger partial charge is 0.496 e. The molecule has 7 heteroatoms. The van der Waals surface area contributed by atoms with E-state index in [1.165, 1.54) is 5.56 Å². The van der Waals surface area contributed by atoms with E-state index in [1.54, 1.807) is 14.2 Å². The van der Waals surface area contributed by atoms with Crippen LogP contribution in [-0.4, -0.2) is 38.3 Å². The molecule has 1 heterocycles. The first-order valence-electron chi connectivity index (χ1n) is 8.68. The summed E-state index contributed by atoms with van der Waals surface area (Å²) in [5.74, 6) is 2.46. The summed E-state index contributed by atoms with van der Waals surface area (Å²) < 4.78 is 11.2. The van der Waals surface area contributed by atoms with E-state index >= 15 is 0 Å². The Bertz CT molecular complexity index is 748. The predicted molar refractivity (Wildman–Crippen MR) is 121 cm³/mol. The lowest BCUT2D eigenvalue weighted by atomic mass is 10.1. The second-order valence-electron chi connectivity index (χ2n) is 6.06. The number of ether oxygens (including phenoxy) is 2. The van der Waals surface area contributed by atoms with Gasteiger partial charge in [-0.2, -0.15) is 0 Å². The molecule has 0 aliphatic carbocycles. The fraction of sp³-hybridized carbons (Fsp3) is 0.400. The van der Waals surface area contributed by atoms with Crippen molar-refractivity contribution in [3.05, 3.63) is 52.8 Å². The molecule has 148 valence electrons. The maximum absolute atomic E-state index is 5.71. The number of hydrogen-bond donors (Lipinski definition) is 2. The summed E-state index contributed by atoms with van der Waals surface area (Å²) in [6, 6.07) is 8.02. The summed E-state index contributed by atoms with van der Waals surface area (Å²) in [7, 11) is 3.42. The van der Waals surface area contributed by atoms with Crippen molar-refractivity contribution >= 4 is 29.9 Å². The van der Waals surface area contributed by atoms with Crippen LogP contribution < -0.4 is 20.1 Å². The van der Waals surface area contributed by atoms with Gasteiger partial charge < -0.3 is 20.1 Å². The molecule has 1 aromatic heterocycles. The molecule has 27 heavy (non-hydrogen) atoms. The Balaban J connectivity index is 0.00000364. The molecule has 6 nitrogen and oxygen atoms in total. The molecule has 0 unspecified atom stereocenters. The van der Waals surface area contributed by atoms with E-state index in [2.05, 4.69) is 27.5 Å². The molecule has 0 spiro atoms. The van der Waals surface area contributed by atoms with Crippen LogP contribution in [0.1, 0.15) is 22.4 Å². The quantitative estimate of drug-likeness (QED) is 0.273. The van der Waals surface area contributed by atoms with Gasteiger partial charge in [-0.25, -0.2) is 0 Å². The molecule has 0 aliphatic rings. The molecule has 2 aromatic rings. The number of rotatable bonds is 7. The maximum atomic E-state index is 5.71. The fourth-order valence-electron chi connectivity index (χ4n) is 2.61. The third-order valence-electron chi connectivity index (χ3n) is 4.08. The van der Waals surface area contributed by atoms with Crippen LogP contribution in [0.5, 0.6) is 11.5 Å². The lowest BCUT2D eigenvalue weighted by Crippen LogP contribution is -2.39. The van der Waals surface area contributed by atoms with Crippen molar-refractivity contribution in [2.45, 2.75) is 27.3 Å². The van der Waals surface area contributed by atoms with Crippen molar-refractivity contribution in [1.82, 2.24) is 15.6 Å². The van der Waals surface area contributed by atoms with Gasteiger partial charge in [0, 0.05) is 24.4 Å². The number of guanidine groups is 1. The fourth-order valence-corrected chi connectivity index (χ4v) is 2.61. The number of aromatic nitrogens is 1. The Morgan fingerprint density at radius 2 is 1.81 bits per heavy atom. The minimum atomic E-state index is 0. The Hall–Kier alpha value is -2.03. The first-order chi connectivity index (χ1) is 12.5. The standard InChI is InChI=1S/C20H28N4O2.HI/c1-14-6-8-17(9-7-14)26-11-10-22-20(21-4)24-13-18-16(3)19(25-5)15(2)12-23-18;/h6-9,12H,10-11,13H2,1-5H3,(H2,21,22,24);1H. The summed E-state index contributed by atoms with van der Waals surface area (Å²) in [5, 5.41) is 6.50. The van der Waals surface area contributed by atoms with Crippen molar-refractivity contribution < 1.29 is 9.47 Å². The van der Waals surface area contributed by atoms with Gasteiger partial charge in [0.25, 0.3) is 0 Å². The monoisotopic (exact) mass is 484 g/mol. The number of halogens is 1. The minimum Gasteiger partial charge on any atom is -0.496 e. The third kappa shape index (κ3) is 6.89. The average molecular weight is 484 g/mol. The SMILES string of the molecule is CN=C(NCCOc1ccc(C)cc1)NCc1ncc(C)c(OC)c1C.I. The van der Waals surface area contributed by atoms with Gasteiger partial charge in [-0.1, -0.05) is 17.7 Å². The number of aryl methyl sites for hydroxylation is 2. The zero-order valence-electron chi connectivity index (χ0n) is 16.6. The van der Waals surface area contributed by atoms with Gasteiger partial charge in [0.1, 0.15) is 18.1 Å². The molecule has 0 bridgehead atoms. The van der Waals surface area contributed by atoms with Gasteiger partial charge in [0.05, 0.1) is 25.9 Å². The second kappa shape index (κ2) is 11.6. The molecule has 1 aromatic carbocycles. The summed E-state index contributed by atoms with van der Waals surface area (Å²) in [4.78, 5) is 8.71. The molecule has 0 saturated carbocycles. The second-order valence-corrected chi connectivity index (χ2v) is 6.06. The lowest BCUT2D eigenvalue weighted by Gasteiger charge is -2.15. The van der Waals surface area contributed by atoms with Crippen LogP contribution in [0.15, 0.2) is 35.5 Å². The molecule has 0 aliphatic heterocycles. The van der Waals surface area contributed by atoms with Gasteiger partial charge >= 0.3 is 0 Å². The Kier molecular flexibility index (Phi) is 9.92. The number of methoxy groups -OCH3 is 1. The molecule has 0 radical (unpaired) electrons. The van der Waals surface area contributed by atoms with Crippen LogP contribution in [0.2, 0.25) is 0 Å². The van der Waals surface area contributed by atoms with Gasteiger partial charge in [-0.05, 0) is 32.9 Å². The summed E-state index contributed by atoms with van der Waals surface area (Å²) in [5.41, 5.74) is 4.23. The van der Waals surface area contributed by atoms with Crippen molar-refractivity contribution in [2.24, 2.45) is 4.99 Å². The Morgan fingerprint density at radius 1 is 1.11 bits per heavy atom. The molecule has 0 saturated heterocycles. The highest BCUT2D eigenvalue weighted by molar-refractivity contribution is 14.0. The zero-order chi connectivity index (χ0) is 18.9. The third-order valence-corrected chi connectivity index (χ3v) is 4.08. The summed E-state index contributed by atoms with van der Waals surface area (Å²) in [6.45, 7) is 7.84. The first kappa shape index (κ1) is 23.0.